The number of carboxylic acid groups (broad SMARTS) is 1. The maximum absolute atomic E-state index is 11.2. The second kappa shape index (κ2) is 5.83. The van der Waals surface area contributed by atoms with Crippen LogP contribution in [0.1, 0.15) is 15.2 Å². The number of aromatic nitrogens is 1. The van der Waals surface area contributed by atoms with Gasteiger partial charge in [0.2, 0.25) is 0 Å². The first-order chi connectivity index (χ1) is 10.1. The van der Waals surface area contributed by atoms with Gasteiger partial charge in [0, 0.05) is 16.5 Å². The Morgan fingerprint density at radius 3 is 2.81 bits per heavy atom. The maximum atomic E-state index is 11.2. The highest BCUT2D eigenvalue weighted by Crippen LogP contribution is 2.33. The normalized spacial score (nSPS) is 10.7. The second-order valence-corrected chi connectivity index (χ2v) is 6.21. The predicted molar refractivity (Wildman–Crippen MR) is 85.1 cm³/mol. The summed E-state index contributed by atoms with van der Waals surface area (Å²) in [5, 5.41) is 10.0. The standard InChI is InChI=1S/C15H10BrNO3S/c16-14-11-6-10(8-20-9-4-2-1-3-5-9)21-13(11)12(7-17-14)15(18)19/h1-7H,8H2,(H,18,19). The van der Waals surface area contributed by atoms with E-state index in [4.69, 9.17) is 4.74 Å². The Kier molecular flexibility index (Phi) is 3.90. The molecule has 0 aliphatic heterocycles. The van der Waals surface area contributed by atoms with Crippen LogP contribution < -0.4 is 4.74 Å². The number of aromatic carboxylic acids is 1. The Morgan fingerprint density at radius 1 is 1.33 bits per heavy atom. The lowest BCUT2D eigenvalue weighted by molar-refractivity contribution is 0.0699. The molecule has 3 rings (SSSR count). The Balaban J connectivity index is 1.92. The highest BCUT2D eigenvalue weighted by molar-refractivity contribution is 9.10. The predicted octanol–water partition coefficient (Wildman–Crippen LogP) is 4.34. The quantitative estimate of drug-likeness (QED) is 0.700. The molecule has 0 aliphatic rings. The number of fused-ring (bicyclic) bond motifs is 1. The van der Waals surface area contributed by atoms with Gasteiger partial charge in [-0.15, -0.1) is 11.3 Å². The average Bonchev–Trinajstić information content (AvgIpc) is 2.91. The van der Waals surface area contributed by atoms with Crippen molar-refractivity contribution in [2.24, 2.45) is 0 Å². The van der Waals surface area contributed by atoms with E-state index in [-0.39, 0.29) is 5.56 Å². The molecular weight excluding hydrogens is 354 g/mol. The molecule has 0 bridgehead atoms. The molecule has 0 spiro atoms. The highest BCUT2D eigenvalue weighted by Gasteiger charge is 2.15. The van der Waals surface area contributed by atoms with Crippen molar-refractivity contribution in [3.05, 3.63) is 57.6 Å². The Bertz CT molecular complexity index is 801. The molecule has 0 saturated heterocycles. The molecule has 3 aromatic rings. The number of carboxylic acids is 1. The highest BCUT2D eigenvalue weighted by atomic mass is 79.9. The fourth-order valence-corrected chi connectivity index (χ4v) is 3.56. The fraction of sp³-hybridized carbons (Fsp3) is 0.0667. The largest absolute Gasteiger partial charge is 0.488 e. The molecule has 6 heteroatoms. The van der Waals surface area contributed by atoms with Gasteiger partial charge < -0.3 is 9.84 Å². The molecule has 0 fully saturated rings. The summed E-state index contributed by atoms with van der Waals surface area (Å²) in [6.07, 6.45) is 1.37. The van der Waals surface area contributed by atoms with Gasteiger partial charge in [-0.1, -0.05) is 18.2 Å². The molecule has 0 radical (unpaired) electrons. The minimum Gasteiger partial charge on any atom is -0.488 e. The molecule has 1 aromatic carbocycles. The van der Waals surface area contributed by atoms with Crippen LogP contribution in [0.3, 0.4) is 0 Å². The summed E-state index contributed by atoms with van der Waals surface area (Å²) in [6.45, 7) is 0.398. The van der Waals surface area contributed by atoms with Crippen LogP contribution >= 0.6 is 27.3 Å². The Labute approximate surface area is 133 Å². The third kappa shape index (κ3) is 2.91. The number of rotatable bonds is 4. The van der Waals surface area contributed by atoms with E-state index in [0.29, 0.717) is 15.9 Å². The molecule has 21 heavy (non-hydrogen) atoms. The van der Waals surface area contributed by atoms with Crippen LogP contribution in [-0.4, -0.2) is 16.1 Å². The Hall–Kier alpha value is -1.92. The van der Waals surface area contributed by atoms with Crippen molar-refractivity contribution < 1.29 is 14.6 Å². The third-order valence-corrected chi connectivity index (χ3v) is 4.69. The summed E-state index contributed by atoms with van der Waals surface area (Å²) >= 11 is 4.76. The summed E-state index contributed by atoms with van der Waals surface area (Å²) in [5.74, 6) is -0.192. The van der Waals surface area contributed by atoms with Crippen LogP contribution in [0.5, 0.6) is 5.75 Å². The number of benzene rings is 1. The molecule has 4 nitrogen and oxygen atoms in total. The number of pyridine rings is 1. The van der Waals surface area contributed by atoms with Crippen LogP contribution in [0.2, 0.25) is 0 Å². The molecular formula is C15H10BrNO3S. The van der Waals surface area contributed by atoms with Crippen molar-refractivity contribution in [1.82, 2.24) is 4.98 Å². The van der Waals surface area contributed by atoms with Gasteiger partial charge >= 0.3 is 5.97 Å². The van der Waals surface area contributed by atoms with E-state index < -0.39 is 5.97 Å². The minimum atomic E-state index is -0.975. The zero-order valence-electron chi connectivity index (χ0n) is 10.7. The van der Waals surface area contributed by atoms with Crippen molar-refractivity contribution in [2.75, 3.05) is 0 Å². The zero-order chi connectivity index (χ0) is 14.8. The molecule has 1 N–H and O–H groups in total. The van der Waals surface area contributed by atoms with Crippen molar-refractivity contribution in [3.8, 4) is 5.75 Å². The second-order valence-electron chi connectivity index (χ2n) is 4.33. The lowest BCUT2D eigenvalue weighted by Gasteiger charge is -2.02. The topological polar surface area (TPSA) is 59.4 Å². The monoisotopic (exact) mass is 363 g/mol. The molecule has 0 aliphatic carbocycles. The lowest BCUT2D eigenvalue weighted by atomic mass is 10.2. The van der Waals surface area contributed by atoms with Crippen molar-refractivity contribution in [3.63, 3.8) is 0 Å². The van der Waals surface area contributed by atoms with Gasteiger partial charge in [0.05, 0.1) is 10.3 Å². The Morgan fingerprint density at radius 2 is 2.10 bits per heavy atom. The van der Waals surface area contributed by atoms with Crippen molar-refractivity contribution in [2.45, 2.75) is 6.61 Å². The number of carbonyl (C=O) groups is 1. The number of para-hydroxylation sites is 1. The van der Waals surface area contributed by atoms with Crippen molar-refractivity contribution in [1.29, 1.82) is 0 Å². The first-order valence-corrected chi connectivity index (χ1v) is 7.74. The molecule has 0 saturated carbocycles. The minimum absolute atomic E-state index is 0.212. The van der Waals surface area contributed by atoms with Gasteiger partial charge in [-0.05, 0) is 34.1 Å². The number of ether oxygens (including phenoxy) is 1. The van der Waals surface area contributed by atoms with E-state index in [2.05, 4.69) is 20.9 Å². The summed E-state index contributed by atoms with van der Waals surface area (Å²) in [7, 11) is 0. The first kappa shape index (κ1) is 14.0. The number of nitrogens with zero attached hydrogens (tertiary/aromatic N) is 1. The average molecular weight is 364 g/mol. The summed E-state index contributed by atoms with van der Waals surface area (Å²) in [6, 6.07) is 11.4. The lowest BCUT2D eigenvalue weighted by Crippen LogP contribution is -1.97. The molecule has 2 aromatic heterocycles. The number of hydrogen-bond donors (Lipinski definition) is 1. The molecule has 0 unspecified atom stereocenters. The molecule has 106 valence electrons. The van der Waals surface area contributed by atoms with E-state index in [1.807, 2.05) is 36.4 Å². The molecule has 0 atom stereocenters. The molecule has 2 heterocycles. The van der Waals surface area contributed by atoms with E-state index in [1.165, 1.54) is 17.5 Å². The van der Waals surface area contributed by atoms with E-state index in [1.54, 1.807) is 0 Å². The van der Waals surface area contributed by atoms with E-state index in [0.717, 1.165) is 16.0 Å². The summed E-state index contributed by atoms with van der Waals surface area (Å²) in [4.78, 5) is 16.2. The van der Waals surface area contributed by atoms with Crippen LogP contribution in [-0.2, 0) is 6.61 Å². The first-order valence-electron chi connectivity index (χ1n) is 6.13. The van der Waals surface area contributed by atoms with Gasteiger partial charge in [-0.3, -0.25) is 0 Å². The van der Waals surface area contributed by atoms with Gasteiger partial charge in [-0.25, -0.2) is 9.78 Å². The number of halogens is 1. The van der Waals surface area contributed by atoms with Crippen LogP contribution in [0.25, 0.3) is 10.1 Å². The van der Waals surface area contributed by atoms with Gasteiger partial charge in [-0.2, -0.15) is 0 Å². The van der Waals surface area contributed by atoms with E-state index in [9.17, 15) is 9.90 Å². The van der Waals surface area contributed by atoms with Gasteiger partial charge in [0.25, 0.3) is 0 Å². The number of thiophene rings is 1. The van der Waals surface area contributed by atoms with Crippen LogP contribution in [0, 0.1) is 0 Å². The zero-order valence-corrected chi connectivity index (χ0v) is 13.1. The van der Waals surface area contributed by atoms with Gasteiger partial charge in [0.15, 0.2) is 0 Å². The SMILES string of the molecule is O=C(O)c1cnc(Br)c2cc(COc3ccccc3)sc12. The summed E-state index contributed by atoms with van der Waals surface area (Å²) in [5.41, 5.74) is 0.212. The fourth-order valence-electron chi connectivity index (χ4n) is 1.94. The van der Waals surface area contributed by atoms with Gasteiger partial charge in [0.1, 0.15) is 17.0 Å². The smallest absolute Gasteiger partial charge is 0.338 e. The van der Waals surface area contributed by atoms with Crippen molar-refractivity contribution >= 4 is 43.3 Å². The summed E-state index contributed by atoms with van der Waals surface area (Å²) < 4.78 is 7.04. The van der Waals surface area contributed by atoms with Crippen LogP contribution in [0.4, 0.5) is 0 Å². The molecule has 0 amide bonds. The third-order valence-electron chi connectivity index (χ3n) is 2.91. The van der Waals surface area contributed by atoms with Crippen LogP contribution in [0.15, 0.2) is 47.2 Å². The van der Waals surface area contributed by atoms with E-state index >= 15 is 0 Å². The maximum Gasteiger partial charge on any atom is 0.338 e. The number of hydrogen-bond acceptors (Lipinski definition) is 4.